The van der Waals surface area contributed by atoms with Crippen LogP contribution in [0.3, 0.4) is 0 Å². The van der Waals surface area contributed by atoms with E-state index in [4.69, 9.17) is 20.5 Å². The topological polar surface area (TPSA) is 94.2 Å². The number of halogens is 1. The molecule has 3 rings (SSSR count). The quantitative estimate of drug-likeness (QED) is 0.412. The number of likely N-dealkylation sites (N-methyl/N-ethyl adjacent to an activating group) is 1. The van der Waals surface area contributed by atoms with Crippen molar-refractivity contribution in [3.8, 4) is 5.75 Å². The highest BCUT2D eigenvalue weighted by Crippen LogP contribution is 2.29. The minimum atomic E-state index is -2.63. The van der Waals surface area contributed by atoms with Crippen LogP contribution in [0.4, 0.5) is 5.69 Å². The van der Waals surface area contributed by atoms with Gasteiger partial charge in [0.25, 0.3) is 11.8 Å². The monoisotopic (exact) mass is 560 g/mol. The van der Waals surface area contributed by atoms with Gasteiger partial charge in [-0.05, 0) is 69.7 Å². The minimum absolute atomic E-state index is 0.0234. The Morgan fingerprint density at radius 3 is 2.54 bits per heavy atom. The summed E-state index contributed by atoms with van der Waals surface area (Å²) in [5.74, 6) is -0.943. The smallest absolute Gasteiger partial charge is 0.265 e. The van der Waals surface area contributed by atoms with E-state index in [1.54, 1.807) is 42.5 Å². The third-order valence-corrected chi connectivity index (χ3v) is 6.67. The third kappa shape index (κ3) is 7.94. The Labute approximate surface area is 240 Å². The van der Waals surface area contributed by atoms with Crippen molar-refractivity contribution >= 4 is 35.0 Å². The standard InChI is InChI=1S/C29H40ClN5O4/c1-7-39-24-14-13-20(30)17-22(24)27(37)31-19-29(2,3)18-25(36)32-26-23(15-16-33(4)5)34(6)35(28(26)38)21-11-9-8-10-12-21/h8-14,17,23,26H,7,15-16,18-19H2,1-6H3,(H,31,37)(H,32,36)/i6D3. The molecule has 2 unspecified atom stereocenters. The van der Waals surface area contributed by atoms with Gasteiger partial charge in [-0.1, -0.05) is 43.6 Å². The first-order valence-electron chi connectivity index (χ1n) is 14.5. The molecule has 10 heteroatoms. The van der Waals surface area contributed by atoms with Crippen molar-refractivity contribution in [2.24, 2.45) is 5.41 Å². The Kier molecular flexibility index (Phi) is 8.89. The van der Waals surface area contributed by atoms with Crippen molar-refractivity contribution in [2.75, 3.05) is 45.8 Å². The molecule has 2 atom stereocenters. The van der Waals surface area contributed by atoms with Crippen LogP contribution in [0.15, 0.2) is 48.5 Å². The first-order valence-corrected chi connectivity index (χ1v) is 13.4. The second-order valence-electron chi connectivity index (χ2n) is 10.6. The number of ether oxygens (including phenoxy) is 1. The number of amides is 3. The molecule has 1 heterocycles. The van der Waals surface area contributed by atoms with Crippen LogP contribution in [-0.4, -0.2) is 80.5 Å². The lowest BCUT2D eigenvalue weighted by atomic mass is 9.88. The summed E-state index contributed by atoms with van der Waals surface area (Å²) in [6.07, 6.45) is 0.303. The van der Waals surface area contributed by atoms with E-state index in [-0.39, 0.29) is 18.5 Å². The molecule has 0 aromatic heterocycles. The number of carbonyl (C=O) groups excluding carboxylic acids is 3. The maximum Gasteiger partial charge on any atom is 0.265 e. The Hall–Kier alpha value is -3.14. The molecule has 0 spiro atoms. The third-order valence-electron chi connectivity index (χ3n) is 6.43. The molecule has 1 saturated heterocycles. The lowest BCUT2D eigenvalue weighted by Crippen LogP contribution is -2.49. The lowest BCUT2D eigenvalue weighted by Gasteiger charge is -2.29. The summed E-state index contributed by atoms with van der Waals surface area (Å²) in [4.78, 5) is 41.9. The molecule has 2 aromatic carbocycles. The van der Waals surface area contributed by atoms with E-state index >= 15 is 0 Å². The van der Waals surface area contributed by atoms with Gasteiger partial charge >= 0.3 is 0 Å². The lowest BCUT2D eigenvalue weighted by molar-refractivity contribution is -0.128. The highest BCUT2D eigenvalue weighted by molar-refractivity contribution is 6.31. The Morgan fingerprint density at radius 1 is 1.18 bits per heavy atom. The zero-order valence-electron chi connectivity index (χ0n) is 26.2. The van der Waals surface area contributed by atoms with Gasteiger partial charge in [0.1, 0.15) is 11.8 Å². The molecule has 1 aliphatic heterocycles. The number of rotatable bonds is 12. The number of nitrogens with zero attached hydrogens (tertiary/aromatic N) is 3. The van der Waals surface area contributed by atoms with Gasteiger partial charge < -0.3 is 20.3 Å². The SMILES string of the molecule is [2H]C([2H])([2H])N1C(CCN(C)C)C(NC(=O)CC(C)(C)CNC(=O)c2cc(Cl)ccc2OCC)C(=O)N1c1ccccc1. The van der Waals surface area contributed by atoms with Crippen molar-refractivity contribution < 1.29 is 23.2 Å². The fourth-order valence-electron chi connectivity index (χ4n) is 4.45. The number of para-hydroxylation sites is 1. The van der Waals surface area contributed by atoms with Crippen LogP contribution in [0.5, 0.6) is 5.75 Å². The number of anilines is 1. The molecule has 0 saturated carbocycles. The van der Waals surface area contributed by atoms with Crippen LogP contribution in [0.25, 0.3) is 0 Å². The number of hydrogen-bond donors (Lipinski definition) is 2. The molecule has 39 heavy (non-hydrogen) atoms. The highest BCUT2D eigenvalue weighted by atomic mass is 35.5. The molecule has 3 amide bonds. The zero-order chi connectivity index (χ0) is 31.2. The summed E-state index contributed by atoms with van der Waals surface area (Å²) in [5.41, 5.74) is -0.00961. The number of nitrogens with one attached hydrogen (secondary N) is 2. The maximum absolute atomic E-state index is 13.7. The summed E-state index contributed by atoms with van der Waals surface area (Å²) in [6.45, 7) is 3.85. The van der Waals surface area contributed by atoms with Crippen LogP contribution >= 0.6 is 11.6 Å². The van der Waals surface area contributed by atoms with E-state index in [9.17, 15) is 14.4 Å². The van der Waals surface area contributed by atoms with Crippen LogP contribution in [0.1, 0.15) is 48.1 Å². The van der Waals surface area contributed by atoms with Crippen LogP contribution in [0, 0.1) is 5.41 Å². The Morgan fingerprint density at radius 2 is 1.90 bits per heavy atom. The van der Waals surface area contributed by atoms with E-state index in [1.807, 2.05) is 39.8 Å². The van der Waals surface area contributed by atoms with Gasteiger partial charge in [0.15, 0.2) is 0 Å². The average Bonchev–Trinajstić information content (AvgIpc) is 3.18. The minimum Gasteiger partial charge on any atom is -0.493 e. The van der Waals surface area contributed by atoms with Crippen LogP contribution in [-0.2, 0) is 9.59 Å². The molecule has 1 aliphatic rings. The van der Waals surface area contributed by atoms with Gasteiger partial charge in [0.2, 0.25) is 5.91 Å². The molecular weight excluding hydrogens is 518 g/mol. The van der Waals surface area contributed by atoms with Gasteiger partial charge in [0.05, 0.1) is 23.9 Å². The van der Waals surface area contributed by atoms with Crippen LogP contribution in [0.2, 0.25) is 5.02 Å². The molecule has 2 aromatic rings. The fraction of sp³-hybridized carbons (Fsp3) is 0.483. The molecule has 1 fully saturated rings. The maximum atomic E-state index is 13.7. The summed E-state index contributed by atoms with van der Waals surface area (Å²) < 4.78 is 30.2. The van der Waals surface area contributed by atoms with E-state index in [1.165, 1.54) is 6.07 Å². The van der Waals surface area contributed by atoms with Gasteiger partial charge in [0, 0.05) is 29.1 Å². The van der Waals surface area contributed by atoms with Gasteiger partial charge in [-0.3, -0.25) is 14.4 Å². The Bertz CT molecular complexity index is 1260. The number of benzene rings is 2. The molecule has 0 aliphatic carbocycles. The van der Waals surface area contributed by atoms with E-state index in [0.717, 1.165) is 10.0 Å². The summed E-state index contributed by atoms with van der Waals surface area (Å²) in [6, 6.07) is 11.4. The molecule has 0 bridgehead atoms. The molecule has 9 nitrogen and oxygen atoms in total. The predicted octanol–water partition coefficient (Wildman–Crippen LogP) is 3.58. The second-order valence-corrected chi connectivity index (χ2v) is 11.1. The number of hydrazine groups is 1. The van der Waals surface area contributed by atoms with Gasteiger partial charge in [-0.15, -0.1) is 0 Å². The van der Waals surface area contributed by atoms with Crippen molar-refractivity contribution in [3.63, 3.8) is 0 Å². The average molecular weight is 561 g/mol. The molecule has 212 valence electrons. The van der Waals surface area contributed by atoms with Crippen molar-refractivity contribution in [1.29, 1.82) is 0 Å². The molecular formula is C29H40ClN5O4. The van der Waals surface area contributed by atoms with Crippen molar-refractivity contribution in [1.82, 2.24) is 20.5 Å². The predicted molar refractivity (Wildman–Crippen MR) is 154 cm³/mol. The Balaban J connectivity index is 1.77. The van der Waals surface area contributed by atoms with E-state index < -0.39 is 42.2 Å². The number of hydrogen-bond acceptors (Lipinski definition) is 6. The van der Waals surface area contributed by atoms with Gasteiger partial charge in [-0.2, -0.15) is 0 Å². The normalized spacial score (nSPS) is 19.4. The summed E-state index contributed by atoms with van der Waals surface area (Å²) in [7, 11) is 3.72. The summed E-state index contributed by atoms with van der Waals surface area (Å²) in [5, 5.41) is 8.32. The molecule has 0 radical (unpaired) electrons. The second kappa shape index (κ2) is 13.3. The number of carbonyl (C=O) groups is 3. The largest absolute Gasteiger partial charge is 0.493 e. The van der Waals surface area contributed by atoms with Crippen molar-refractivity contribution in [3.05, 3.63) is 59.1 Å². The van der Waals surface area contributed by atoms with E-state index in [2.05, 4.69) is 10.6 Å². The van der Waals surface area contributed by atoms with E-state index in [0.29, 0.717) is 36.0 Å². The van der Waals surface area contributed by atoms with Crippen LogP contribution < -0.4 is 20.4 Å². The van der Waals surface area contributed by atoms with Crippen molar-refractivity contribution in [2.45, 2.75) is 45.7 Å². The first kappa shape index (κ1) is 26.1. The first-order chi connectivity index (χ1) is 19.6. The molecule has 2 N–H and O–H groups in total. The van der Waals surface area contributed by atoms with Gasteiger partial charge in [-0.25, -0.2) is 10.0 Å². The fourth-order valence-corrected chi connectivity index (χ4v) is 4.62. The summed E-state index contributed by atoms with van der Waals surface area (Å²) >= 11 is 6.09. The highest BCUT2D eigenvalue weighted by Gasteiger charge is 2.46. The zero-order valence-corrected chi connectivity index (χ0v) is 23.9.